The van der Waals surface area contributed by atoms with Crippen LogP contribution < -0.4 is 0 Å². The van der Waals surface area contributed by atoms with Gasteiger partial charge < -0.3 is 0 Å². The molecule has 0 bridgehead atoms. The summed E-state index contributed by atoms with van der Waals surface area (Å²) < 4.78 is 0. The van der Waals surface area contributed by atoms with Crippen LogP contribution in [0.15, 0.2) is 0 Å². The standard InChI is InChI=1S/C16H33/c1-4-7-8-9-10-11-12-13-15-16(6-3)14-5-2/h16H,2,4-15H2,1,3H3. The van der Waals surface area contributed by atoms with Gasteiger partial charge >= 0.3 is 0 Å². The fourth-order valence-electron chi connectivity index (χ4n) is 2.41. The molecule has 1 unspecified atom stereocenters. The van der Waals surface area contributed by atoms with E-state index in [4.69, 9.17) is 0 Å². The summed E-state index contributed by atoms with van der Waals surface area (Å²) in [6, 6.07) is 0. The molecule has 0 aliphatic carbocycles. The van der Waals surface area contributed by atoms with Crippen LogP contribution >= 0.6 is 0 Å². The summed E-state index contributed by atoms with van der Waals surface area (Å²) in [6.07, 6.45) is 16.8. The fourth-order valence-corrected chi connectivity index (χ4v) is 2.41. The Morgan fingerprint density at radius 2 is 1.31 bits per heavy atom. The van der Waals surface area contributed by atoms with Gasteiger partial charge in [-0.15, -0.1) is 0 Å². The third-order valence-corrected chi connectivity index (χ3v) is 3.66. The van der Waals surface area contributed by atoms with Crippen molar-refractivity contribution in [3.8, 4) is 0 Å². The van der Waals surface area contributed by atoms with Crippen LogP contribution in [0.25, 0.3) is 0 Å². The van der Waals surface area contributed by atoms with E-state index in [1.165, 1.54) is 70.6 Å². The number of unbranched alkanes of at least 4 members (excludes halogenated alkanes) is 7. The second-order valence-electron chi connectivity index (χ2n) is 5.18. The lowest BCUT2D eigenvalue weighted by atomic mass is 9.94. The van der Waals surface area contributed by atoms with Gasteiger partial charge in [-0.2, -0.15) is 0 Å². The maximum Gasteiger partial charge on any atom is -0.0417 e. The van der Waals surface area contributed by atoms with E-state index in [2.05, 4.69) is 20.8 Å². The van der Waals surface area contributed by atoms with E-state index in [0.717, 1.165) is 12.3 Å². The highest BCUT2D eigenvalue weighted by molar-refractivity contribution is 4.59. The largest absolute Gasteiger partial charge is 0.0654 e. The van der Waals surface area contributed by atoms with Gasteiger partial charge in [0, 0.05) is 0 Å². The number of hydrogen-bond acceptors (Lipinski definition) is 0. The molecular weight excluding hydrogens is 192 g/mol. The lowest BCUT2D eigenvalue weighted by molar-refractivity contribution is 0.414. The highest BCUT2D eigenvalue weighted by Crippen LogP contribution is 2.19. The number of rotatable bonds is 12. The Morgan fingerprint density at radius 3 is 1.81 bits per heavy atom. The zero-order valence-corrected chi connectivity index (χ0v) is 11.8. The second kappa shape index (κ2) is 13.1. The van der Waals surface area contributed by atoms with Crippen molar-refractivity contribution in [2.45, 2.75) is 90.9 Å². The first-order valence-electron chi connectivity index (χ1n) is 7.64. The van der Waals surface area contributed by atoms with Crippen LogP contribution in [0.4, 0.5) is 0 Å². The predicted octanol–water partition coefficient (Wildman–Crippen LogP) is 6.16. The van der Waals surface area contributed by atoms with Gasteiger partial charge in [0.2, 0.25) is 0 Å². The molecule has 0 aromatic carbocycles. The van der Waals surface area contributed by atoms with Crippen LogP contribution in [-0.2, 0) is 0 Å². The molecule has 0 spiro atoms. The van der Waals surface area contributed by atoms with Gasteiger partial charge in [-0.05, 0) is 5.92 Å². The van der Waals surface area contributed by atoms with E-state index in [0.29, 0.717) is 0 Å². The van der Waals surface area contributed by atoms with Crippen molar-refractivity contribution >= 4 is 0 Å². The monoisotopic (exact) mass is 225 g/mol. The number of hydrogen-bond donors (Lipinski definition) is 0. The summed E-state index contributed by atoms with van der Waals surface area (Å²) in [5.41, 5.74) is 0. The zero-order chi connectivity index (χ0) is 12.1. The third kappa shape index (κ3) is 10.5. The Labute approximate surface area is 104 Å². The van der Waals surface area contributed by atoms with Gasteiger partial charge in [-0.3, -0.25) is 0 Å². The third-order valence-electron chi connectivity index (χ3n) is 3.66. The molecule has 0 saturated heterocycles. The lowest BCUT2D eigenvalue weighted by Gasteiger charge is -2.12. The molecule has 1 atom stereocenters. The van der Waals surface area contributed by atoms with Crippen molar-refractivity contribution in [3.05, 3.63) is 6.92 Å². The molecule has 0 saturated carbocycles. The molecule has 0 heteroatoms. The minimum absolute atomic E-state index is 0.956. The topological polar surface area (TPSA) is 0 Å². The van der Waals surface area contributed by atoms with Crippen molar-refractivity contribution in [3.63, 3.8) is 0 Å². The summed E-state index contributed by atoms with van der Waals surface area (Å²) in [4.78, 5) is 0. The average molecular weight is 225 g/mol. The smallest absolute Gasteiger partial charge is 0.0417 e. The summed E-state index contributed by atoms with van der Waals surface area (Å²) in [7, 11) is 0. The molecular formula is C16H33. The Kier molecular flexibility index (Phi) is 13.1. The van der Waals surface area contributed by atoms with Crippen LogP contribution in [0.3, 0.4) is 0 Å². The molecule has 0 nitrogen and oxygen atoms in total. The average Bonchev–Trinajstić information content (AvgIpc) is 2.31. The minimum atomic E-state index is 0.956. The van der Waals surface area contributed by atoms with E-state index >= 15 is 0 Å². The van der Waals surface area contributed by atoms with E-state index in [1.807, 2.05) is 0 Å². The molecule has 0 aromatic rings. The molecule has 0 aromatic heterocycles. The van der Waals surface area contributed by atoms with Crippen LogP contribution in [0.2, 0.25) is 0 Å². The Balaban J connectivity index is 3.12. The molecule has 0 N–H and O–H groups in total. The highest BCUT2D eigenvalue weighted by Gasteiger charge is 2.03. The first-order valence-corrected chi connectivity index (χ1v) is 7.64. The molecule has 0 aliphatic rings. The van der Waals surface area contributed by atoms with Crippen molar-refractivity contribution < 1.29 is 0 Å². The Morgan fingerprint density at radius 1 is 0.750 bits per heavy atom. The molecule has 0 aliphatic heterocycles. The molecule has 1 radical (unpaired) electrons. The predicted molar refractivity (Wildman–Crippen MR) is 75.6 cm³/mol. The van der Waals surface area contributed by atoms with E-state index in [-0.39, 0.29) is 0 Å². The van der Waals surface area contributed by atoms with Gasteiger partial charge in [0.1, 0.15) is 0 Å². The molecule has 0 fully saturated rings. The van der Waals surface area contributed by atoms with Crippen LogP contribution in [0, 0.1) is 12.8 Å². The molecule has 16 heavy (non-hydrogen) atoms. The first kappa shape index (κ1) is 16.0. The van der Waals surface area contributed by atoms with Gasteiger partial charge in [0.15, 0.2) is 0 Å². The van der Waals surface area contributed by atoms with Crippen molar-refractivity contribution in [1.82, 2.24) is 0 Å². The molecule has 0 amide bonds. The van der Waals surface area contributed by atoms with Gasteiger partial charge in [-0.25, -0.2) is 0 Å². The SMILES string of the molecule is [CH2]CCC(CC)CCCCCCCCCC. The fraction of sp³-hybridized carbons (Fsp3) is 0.938. The Hall–Kier alpha value is 0. The van der Waals surface area contributed by atoms with E-state index in [9.17, 15) is 0 Å². The van der Waals surface area contributed by atoms with Gasteiger partial charge in [0.25, 0.3) is 0 Å². The first-order chi connectivity index (χ1) is 7.85. The lowest BCUT2D eigenvalue weighted by Crippen LogP contribution is -1.98. The van der Waals surface area contributed by atoms with Crippen LogP contribution in [-0.4, -0.2) is 0 Å². The van der Waals surface area contributed by atoms with Crippen LogP contribution in [0.1, 0.15) is 90.9 Å². The van der Waals surface area contributed by atoms with E-state index in [1.54, 1.807) is 0 Å². The summed E-state index contributed by atoms with van der Waals surface area (Å²) in [5.74, 6) is 0.956. The molecule has 0 heterocycles. The van der Waals surface area contributed by atoms with E-state index < -0.39 is 0 Å². The van der Waals surface area contributed by atoms with Gasteiger partial charge in [-0.1, -0.05) is 97.8 Å². The van der Waals surface area contributed by atoms with Crippen molar-refractivity contribution in [2.24, 2.45) is 5.92 Å². The molecule has 0 rings (SSSR count). The van der Waals surface area contributed by atoms with Crippen LogP contribution in [0.5, 0.6) is 0 Å². The van der Waals surface area contributed by atoms with Gasteiger partial charge in [0.05, 0.1) is 0 Å². The highest BCUT2D eigenvalue weighted by atomic mass is 14.1. The second-order valence-corrected chi connectivity index (χ2v) is 5.18. The molecule has 97 valence electrons. The summed E-state index contributed by atoms with van der Waals surface area (Å²) in [5, 5.41) is 0. The van der Waals surface area contributed by atoms with Crippen molar-refractivity contribution in [1.29, 1.82) is 0 Å². The summed E-state index contributed by atoms with van der Waals surface area (Å²) >= 11 is 0. The minimum Gasteiger partial charge on any atom is -0.0654 e. The Bertz CT molecular complexity index is 117. The quantitative estimate of drug-likeness (QED) is 0.349. The summed E-state index contributed by atoms with van der Waals surface area (Å²) in [6.45, 7) is 8.57. The van der Waals surface area contributed by atoms with Crippen molar-refractivity contribution in [2.75, 3.05) is 0 Å². The zero-order valence-electron chi connectivity index (χ0n) is 11.8. The normalized spacial score (nSPS) is 12.9. The maximum absolute atomic E-state index is 3.96. The maximum atomic E-state index is 3.96.